The zero-order chi connectivity index (χ0) is 19.4. The lowest BCUT2D eigenvalue weighted by molar-refractivity contribution is 0.297. The minimum absolute atomic E-state index is 0. The molecular formula is C21H30IN5O2. The monoisotopic (exact) mass is 511 g/mol. The van der Waals surface area contributed by atoms with Crippen molar-refractivity contribution in [2.24, 2.45) is 4.99 Å². The van der Waals surface area contributed by atoms with Crippen LogP contribution in [0.1, 0.15) is 26.2 Å². The first-order chi connectivity index (χ1) is 13.8. The molecule has 0 fully saturated rings. The second kappa shape index (κ2) is 13.1. The standard InChI is InChI=1S/C21H29N5O2.HI/c1-2-22-21(25-13-6-5-12-24-20-8-3-4-11-23-20)26-17-9-10-18-19(16-17)28-15-7-14-27-18;/h3-4,8-11,16H,2,5-7,12-15H2,1H3,(H,23,24)(H2,22,25,26);1H. The Kier molecular flexibility index (Phi) is 10.4. The minimum atomic E-state index is 0. The number of guanidine groups is 1. The number of hydrogen-bond donors (Lipinski definition) is 3. The molecule has 29 heavy (non-hydrogen) atoms. The van der Waals surface area contributed by atoms with Crippen LogP contribution in [0.2, 0.25) is 0 Å². The third-order valence-corrected chi connectivity index (χ3v) is 4.18. The van der Waals surface area contributed by atoms with Crippen LogP contribution in [0.5, 0.6) is 11.5 Å². The molecule has 0 aliphatic carbocycles. The highest BCUT2D eigenvalue weighted by molar-refractivity contribution is 14.0. The van der Waals surface area contributed by atoms with Crippen LogP contribution in [0, 0.1) is 0 Å². The van der Waals surface area contributed by atoms with Crippen LogP contribution in [-0.2, 0) is 0 Å². The summed E-state index contributed by atoms with van der Waals surface area (Å²) < 4.78 is 11.4. The summed E-state index contributed by atoms with van der Waals surface area (Å²) >= 11 is 0. The van der Waals surface area contributed by atoms with Gasteiger partial charge in [0.25, 0.3) is 0 Å². The Balaban J connectivity index is 0.00000300. The normalized spacial score (nSPS) is 13.1. The molecule has 1 aliphatic rings. The number of halogens is 1. The van der Waals surface area contributed by atoms with Gasteiger partial charge in [-0.3, -0.25) is 4.99 Å². The average molecular weight is 511 g/mol. The topological polar surface area (TPSA) is 79.8 Å². The van der Waals surface area contributed by atoms with Crippen LogP contribution in [0.15, 0.2) is 47.6 Å². The first kappa shape index (κ1) is 23.1. The highest BCUT2D eigenvalue weighted by Gasteiger charge is 2.11. The van der Waals surface area contributed by atoms with E-state index in [4.69, 9.17) is 9.47 Å². The highest BCUT2D eigenvalue weighted by atomic mass is 127. The van der Waals surface area contributed by atoms with Gasteiger partial charge in [-0.1, -0.05) is 6.07 Å². The number of anilines is 2. The maximum atomic E-state index is 5.76. The molecule has 2 heterocycles. The van der Waals surface area contributed by atoms with Gasteiger partial charge in [-0.25, -0.2) is 4.98 Å². The van der Waals surface area contributed by atoms with Gasteiger partial charge in [-0.15, -0.1) is 24.0 Å². The van der Waals surface area contributed by atoms with Crippen molar-refractivity contribution in [3.63, 3.8) is 0 Å². The molecule has 0 unspecified atom stereocenters. The molecule has 0 radical (unpaired) electrons. The summed E-state index contributed by atoms with van der Waals surface area (Å²) in [6.07, 6.45) is 4.72. The summed E-state index contributed by atoms with van der Waals surface area (Å²) in [5, 5.41) is 9.94. The van der Waals surface area contributed by atoms with E-state index >= 15 is 0 Å². The molecule has 0 spiro atoms. The summed E-state index contributed by atoms with van der Waals surface area (Å²) in [5.41, 5.74) is 0.931. The second-order valence-corrected chi connectivity index (χ2v) is 6.45. The summed E-state index contributed by atoms with van der Waals surface area (Å²) in [5.74, 6) is 3.26. The maximum Gasteiger partial charge on any atom is 0.195 e. The fourth-order valence-electron chi connectivity index (χ4n) is 2.80. The molecule has 1 aromatic heterocycles. The Labute approximate surface area is 189 Å². The van der Waals surface area contributed by atoms with Crippen LogP contribution in [0.3, 0.4) is 0 Å². The van der Waals surface area contributed by atoms with Gasteiger partial charge in [0.2, 0.25) is 0 Å². The molecule has 0 atom stereocenters. The number of unbranched alkanes of at least 4 members (excludes halogenated alkanes) is 1. The average Bonchev–Trinajstić information content (AvgIpc) is 2.96. The Morgan fingerprint density at radius 3 is 2.76 bits per heavy atom. The van der Waals surface area contributed by atoms with Gasteiger partial charge >= 0.3 is 0 Å². The molecule has 158 valence electrons. The van der Waals surface area contributed by atoms with E-state index in [0.29, 0.717) is 13.2 Å². The number of benzene rings is 1. The van der Waals surface area contributed by atoms with Gasteiger partial charge in [0.1, 0.15) is 5.82 Å². The van der Waals surface area contributed by atoms with Crippen molar-refractivity contribution < 1.29 is 9.47 Å². The molecule has 0 saturated heterocycles. The van der Waals surface area contributed by atoms with Crippen molar-refractivity contribution in [1.29, 1.82) is 0 Å². The third kappa shape index (κ3) is 7.96. The van der Waals surface area contributed by atoms with Crippen LogP contribution in [-0.4, -0.2) is 43.8 Å². The highest BCUT2D eigenvalue weighted by Crippen LogP contribution is 2.32. The van der Waals surface area contributed by atoms with E-state index in [2.05, 4.69) is 32.9 Å². The zero-order valence-corrected chi connectivity index (χ0v) is 19.1. The zero-order valence-electron chi connectivity index (χ0n) is 16.8. The molecule has 8 heteroatoms. The largest absolute Gasteiger partial charge is 0.490 e. The Morgan fingerprint density at radius 2 is 1.97 bits per heavy atom. The first-order valence-electron chi connectivity index (χ1n) is 9.95. The molecule has 0 amide bonds. The number of nitrogens with one attached hydrogen (secondary N) is 3. The summed E-state index contributed by atoms with van der Waals surface area (Å²) in [6, 6.07) is 11.8. The minimum Gasteiger partial charge on any atom is -0.490 e. The van der Waals surface area contributed by atoms with Gasteiger partial charge in [0, 0.05) is 44.0 Å². The van der Waals surface area contributed by atoms with E-state index in [1.807, 2.05) is 36.4 Å². The number of aromatic nitrogens is 1. The lowest BCUT2D eigenvalue weighted by Gasteiger charge is -2.13. The second-order valence-electron chi connectivity index (χ2n) is 6.45. The summed E-state index contributed by atoms with van der Waals surface area (Å²) in [4.78, 5) is 8.92. The SMILES string of the molecule is CCNC(=NCCCCNc1ccccn1)Nc1ccc2c(c1)OCCCO2.I. The fraction of sp³-hybridized carbons (Fsp3) is 0.429. The van der Waals surface area contributed by atoms with E-state index in [0.717, 1.165) is 67.9 Å². The van der Waals surface area contributed by atoms with Crippen LogP contribution in [0.4, 0.5) is 11.5 Å². The number of hydrogen-bond acceptors (Lipinski definition) is 5. The fourth-order valence-corrected chi connectivity index (χ4v) is 2.80. The molecule has 7 nitrogen and oxygen atoms in total. The van der Waals surface area contributed by atoms with Gasteiger partial charge in [0.15, 0.2) is 17.5 Å². The van der Waals surface area contributed by atoms with Crippen molar-refractivity contribution >= 4 is 41.4 Å². The Hall–Kier alpha value is -2.23. The van der Waals surface area contributed by atoms with E-state index in [1.54, 1.807) is 6.20 Å². The lowest BCUT2D eigenvalue weighted by Crippen LogP contribution is -2.30. The Morgan fingerprint density at radius 1 is 1.10 bits per heavy atom. The molecule has 0 bridgehead atoms. The van der Waals surface area contributed by atoms with Gasteiger partial charge in [-0.2, -0.15) is 0 Å². The first-order valence-corrected chi connectivity index (χ1v) is 9.95. The predicted octanol–water partition coefficient (Wildman–Crippen LogP) is 4.13. The number of aliphatic imine (C=N–C) groups is 1. The number of fused-ring (bicyclic) bond motifs is 1. The van der Waals surface area contributed by atoms with Gasteiger partial charge in [0.05, 0.1) is 13.2 Å². The maximum absolute atomic E-state index is 5.76. The van der Waals surface area contributed by atoms with Crippen molar-refractivity contribution in [3.8, 4) is 11.5 Å². The molecule has 3 rings (SSSR count). The molecule has 1 aromatic carbocycles. The third-order valence-electron chi connectivity index (χ3n) is 4.18. The molecule has 1 aliphatic heterocycles. The molecule has 0 saturated carbocycles. The van der Waals surface area contributed by atoms with Crippen LogP contribution >= 0.6 is 24.0 Å². The van der Waals surface area contributed by atoms with Crippen molar-refractivity contribution in [3.05, 3.63) is 42.6 Å². The Bertz CT molecular complexity index is 758. The van der Waals surface area contributed by atoms with Crippen molar-refractivity contribution in [2.45, 2.75) is 26.2 Å². The van der Waals surface area contributed by atoms with Gasteiger partial charge in [-0.05, 0) is 44.0 Å². The smallest absolute Gasteiger partial charge is 0.195 e. The van der Waals surface area contributed by atoms with E-state index < -0.39 is 0 Å². The van der Waals surface area contributed by atoms with E-state index in [1.165, 1.54) is 0 Å². The number of pyridine rings is 1. The van der Waals surface area contributed by atoms with E-state index in [-0.39, 0.29) is 24.0 Å². The number of rotatable bonds is 8. The van der Waals surface area contributed by atoms with Crippen molar-refractivity contribution in [2.75, 3.05) is 43.5 Å². The molecular weight excluding hydrogens is 481 g/mol. The quantitative estimate of drug-likeness (QED) is 0.214. The lowest BCUT2D eigenvalue weighted by atomic mass is 10.2. The predicted molar refractivity (Wildman–Crippen MR) is 129 cm³/mol. The molecule has 2 aromatic rings. The summed E-state index contributed by atoms with van der Waals surface area (Å²) in [6.45, 7) is 5.87. The molecule has 3 N–H and O–H groups in total. The van der Waals surface area contributed by atoms with Crippen LogP contribution in [0.25, 0.3) is 0 Å². The summed E-state index contributed by atoms with van der Waals surface area (Å²) in [7, 11) is 0. The number of ether oxygens (including phenoxy) is 2. The van der Waals surface area contributed by atoms with Crippen LogP contribution < -0.4 is 25.4 Å². The van der Waals surface area contributed by atoms with E-state index in [9.17, 15) is 0 Å². The van der Waals surface area contributed by atoms with Gasteiger partial charge < -0.3 is 25.4 Å². The van der Waals surface area contributed by atoms with Crippen molar-refractivity contribution in [1.82, 2.24) is 10.3 Å². The number of nitrogens with zero attached hydrogens (tertiary/aromatic N) is 2.